The summed E-state index contributed by atoms with van der Waals surface area (Å²) in [5.41, 5.74) is 7.69. The zero-order valence-electron chi connectivity index (χ0n) is 10.5. The van der Waals surface area contributed by atoms with Crippen LogP contribution in [0.4, 0.5) is 5.69 Å². The Morgan fingerprint density at radius 1 is 1.44 bits per heavy atom. The summed E-state index contributed by atoms with van der Waals surface area (Å²) in [7, 11) is 3.99. The number of terminal acetylenes is 1. The van der Waals surface area contributed by atoms with E-state index in [0.29, 0.717) is 10.9 Å². The van der Waals surface area contributed by atoms with Crippen molar-refractivity contribution in [3.05, 3.63) is 29.8 Å². The van der Waals surface area contributed by atoms with E-state index in [0.717, 1.165) is 11.3 Å². The van der Waals surface area contributed by atoms with Crippen LogP contribution in [-0.4, -0.2) is 31.2 Å². The predicted molar refractivity (Wildman–Crippen MR) is 81.3 cm³/mol. The maximum Gasteiger partial charge on any atom is 0.181 e. The third kappa shape index (κ3) is 4.93. The first-order valence-electron chi connectivity index (χ1n) is 5.33. The van der Waals surface area contributed by atoms with Crippen molar-refractivity contribution in [2.45, 2.75) is 0 Å². The van der Waals surface area contributed by atoms with Gasteiger partial charge in [-0.1, -0.05) is 29.8 Å². The molecule has 0 heterocycles. The molecule has 94 valence electrons. The fraction of sp³-hybridized carbons (Fsp3) is 0.231. The summed E-state index contributed by atoms with van der Waals surface area (Å²) in [6.45, 7) is 0. The van der Waals surface area contributed by atoms with E-state index in [1.165, 1.54) is 11.8 Å². The summed E-state index contributed by atoms with van der Waals surface area (Å²) < 4.78 is 0. The summed E-state index contributed by atoms with van der Waals surface area (Å²) in [4.78, 5) is 2.04. The van der Waals surface area contributed by atoms with Crippen LogP contribution in [0.15, 0.2) is 34.5 Å². The predicted octanol–water partition coefficient (Wildman–Crippen LogP) is 1.77. The first kappa shape index (κ1) is 14.1. The molecule has 0 fully saturated rings. The summed E-state index contributed by atoms with van der Waals surface area (Å²) in [6.07, 6.45) is 6.77. The van der Waals surface area contributed by atoms with Crippen molar-refractivity contribution in [3.8, 4) is 12.3 Å². The highest BCUT2D eigenvalue weighted by atomic mass is 32.2. The number of hydrogen-bond acceptors (Lipinski definition) is 4. The monoisotopic (exact) mass is 260 g/mol. The number of hydrogen-bond donors (Lipinski definition) is 1. The molecule has 0 aromatic heterocycles. The quantitative estimate of drug-likeness (QED) is 0.388. The minimum absolute atomic E-state index is 0.370. The highest BCUT2D eigenvalue weighted by Crippen LogP contribution is 2.10. The number of rotatable bonds is 4. The van der Waals surface area contributed by atoms with Gasteiger partial charge in [0.2, 0.25) is 0 Å². The molecular weight excluding hydrogens is 244 g/mol. The first-order valence-corrected chi connectivity index (χ1v) is 6.32. The molecule has 1 rings (SSSR count). The van der Waals surface area contributed by atoms with Crippen LogP contribution >= 0.6 is 11.8 Å². The van der Waals surface area contributed by atoms with E-state index in [1.807, 2.05) is 43.3 Å². The van der Waals surface area contributed by atoms with Crippen LogP contribution in [0.1, 0.15) is 5.56 Å². The summed E-state index contributed by atoms with van der Waals surface area (Å²) in [5, 5.41) is 8.11. The molecule has 0 atom stereocenters. The fourth-order valence-electron chi connectivity index (χ4n) is 1.16. The molecule has 0 bridgehead atoms. The molecule has 1 aromatic rings. The third-order valence-corrected chi connectivity index (χ3v) is 2.76. The molecule has 0 amide bonds. The Bertz CT molecular complexity index is 469. The van der Waals surface area contributed by atoms with Crippen LogP contribution < -0.4 is 10.6 Å². The molecule has 0 unspecified atom stereocenters. The lowest BCUT2D eigenvalue weighted by Gasteiger charge is -2.11. The number of amidine groups is 1. The van der Waals surface area contributed by atoms with Gasteiger partial charge in [0.1, 0.15) is 0 Å². The molecule has 18 heavy (non-hydrogen) atoms. The van der Waals surface area contributed by atoms with Gasteiger partial charge in [-0.3, -0.25) is 0 Å². The third-order valence-electron chi connectivity index (χ3n) is 2.08. The number of nitrogens with two attached hydrogens (primary N) is 1. The molecular formula is C13H16N4S. The van der Waals surface area contributed by atoms with Crippen LogP contribution in [0.2, 0.25) is 0 Å². The van der Waals surface area contributed by atoms with Gasteiger partial charge in [-0.05, 0) is 17.7 Å². The lowest BCUT2D eigenvalue weighted by atomic mass is 10.2. The Hall–Kier alpha value is -1.93. The minimum Gasteiger partial charge on any atom is -0.378 e. The molecule has 4 nitrogen and oxygen atoms in total. The van der Waals surface area contributed by atoms with Gasteiger partial charge in [0.15, 0.2) is 5.17 Å². The van der Waals surface area contributed by atoms with Crippen molar-refractivity contribution in [3.63, 3.8) is 0 Å². The maximum atomic E-state index is 5.58. The Labute approximate surface area is 112 Å². The summed E-state index contributed by atoms with van der Waals surface area (Å²) in [5.74, 6) is 2.97. The molecule has 0 saturated carbocycles. The van der Waals surface area contributed by atoms with Crippen LogP contribution in [0.25, 0.3) is 0 Å². The molecule has 1 aromatic carbocycles. The minimum atomic E-state index is 0.370. The zero-order chi connectivity index (χ0) is 13.4. The van der Waals surface area contributed by atoms with Crippen molar-refractivity contribution in [2.75, 3.05) is 24.7 Å². The van der Waals surface area contributed by atoms with E-state index in [4.69, 9.17) is 12.2 Å². The highest BCUT2D eigenvalue weighted by molar-refractivity contribution is 8.13. The van der Waals surface area contributed by atoms with Gasteiger partial charge in [-0.2, -0.15) is 5.10 Å². The van der Waals surface area contributed by atoms with Gasteiger partial charge in [-0.15, -0.1) is 11.5 Å². The normalized spacial score (nSPS) is 11.5. The second kappa shape index (κ2) is 7.41. The second-order valence-electron chi connectivity index (χ2n) is 3.66. The molecule has 0 aliphatic carbocycles. The van der Waals surface area contributed by atoms with Crippen molar-refractivity contribution in [1.82, 2.24) is 0 Å². The average Bonchev–Trinajstić information content (AvgIpc) is 2.37. The van der Waals surface area contributed by atoms with E-state index in [9.17, 15) is 0 Å². The van der Waals surface area contributed by atoms with E-state index in [2.05, 4.69) is 16.1 Å². The second-order valence-corrected chi connectivity index (χ2v) is 4.66. The number of benzene rings is 1. The van der Waals surface area contributed by atoms with E-state index in [1.54, 1.807) is 6.21 Å². The van der Waals surface area contributed by atoms with E-state index in [-0.39, 0.29) is 0 Å². The Kier molecular flexibility index (Phi) is 5.81. The summed E-state index contributed by atoms with van der Waals surface area (Å²) >= 11 is 1.29. The van der Waals surface area contributed by atoms with Crippen molar-refractivity contribution >= 4 is 28.8 Å². The zero-order valence-corrected chi connectivity index (χ0v) is 11.3. The molecule has 0 spiro atoms. The van der Waals surface area contributed by atoms with Crippen LogP contribution in [0, 0.1) is 12.3 Å². The number of anilines is 1. The number of nitrogens with zero attached hydrogens (tertiary/aromatic N) is 3. The molecule has 0 radical (unpaired) electrons. The largest absolute Gasteiger partial charge is 0.378 e. The molecule has 5 heteroatoms. The maximum absolute atomic E-state index is 5.58. The van der Waals surface area contributed by atoms with Gasteiger partial charge in [0.25, 0.3) is 0 Å². The fourth-order valence-corrected chi connectivity index (χ4v) is 1.49. The van der Waals surface area contributed by atoms with Crippen LogP contribution in [0.3, 0.4) is 0 Å². The average molecular weight is 260 g/mol. The van der Waals surface area contributed by atoms with E-state index < -0.39 is 0 Å². The van der Waals surface area contributed by atoms with Crippen molar-refractivity contribution in [2.24, 2.45) is 15.9 Å². The van der Waals surface area contributed by atoms with Gasteiger partial charge < -0.3 is 10.6 Å². The SMILES string of the molecule is C#CCSC(N)=N/N=C/c1ccc(N(C)C)cc1. The van der Waals surface area contributed by atoms with Gasteiger partial charge >= 0.3 is 0 Å². The Balaban J connectivity index is 2.59. The first-order chi connectivity index (χ1) is 8.63. The van der Waals surface area contributed by atoms with Crippen LogP contribution in [-0.2, 0) is 0 Å². The standard InChI is InChI=1S/C13H16N4S/c1-4-9-18-13(14)16-15-10-11-5-7-12(8-6-11)17(2)3/h1,5-8,10H,9H2,2-3H3,(H2,14,16)/b15-10+. The smallest absolute Gasteiger partial charge is 0.181 e. The van der Waals surface area contributed by atoms with Gasteiger partial charge in [0.05, 0.1) is 12.0 Å². The van der Waals surface area contributed by atoms with Gasteiger partial charge in [0, 0.05) is 19.8 Å². The Morgan fingerprint density at radius 3 is 2.67 bits per heavy atom. The van der Waals surface area contributed by atoms with Crippen molar-refractivity contribution in [1.29, 1.82) is 0 Å². The topological polar surface area (TPSA) is 54.0 Å². The molecule has 2 N–H and O–H groups in total. The van der Waals surface area contributed by atoms with E-state index >= 15 is 0 Å². The van der Waals surface area contributed by atoms with Crippen LogP contribution in [0.5, 0.6) is 0 Å². The lowest BCUT2D eigenvalue weighted by Crippen LogP contribution is -2.08. The lowest BCUT2D eigenvalue weighted by molar-refractivity contribution is 1.13. The summed E-state index contributed by atoms with van der Waals surface area (Å²) in [6, 6.07) is 7.97. The molecule has 0 saturated heterocycles. The Morgan fingerprint density at radius 2 is 2.11 bits per heavy atom. The number of thioether (sulfide) groups is 1. The van der Waals surface area contributed by atoms with Crippen molar-refractivity contribution < 1.29 is 0 Å². The molecule has 0 aliphatic rings. The highest BCUT2D eigenvalue weighted by Gasteiger charge is 1.94. The molecule has 0 aliphatic heterocycles. The van der Waals surface area contributed by atoms with Gasteiger partial charge in [-0.25, -0.2) is 0 Å².